The summed E-state index contributed by atoms with van der Waals surface area (Å²) in [5.41, 5.74) is 3.00. The third kappa shape index (κ3) is 4.49. The highest BCUT2D eigenvalue weighted by Crippen LogP contribution is 2.36. The molecule has 0 bridgehead atoms. The highest BCUT2D eigenvalue weighted by molar-refractivity contribution is 6.03. The quantitative estimate of drug-likeness (QED) is 0.568. The van der Waals surface area contributed by atoms with Crippen LogP contribution < -0.4 is 15.5 Å². The summed E-state index contributed by atoms with van der Waals surface area (Å²) < 4.78 is 1.89. The van der Waals surface area contributed by atoms with Crippen molar-refractivity contribution in [2.24, 2.45) is 13.0 Å². The number of fused-ring (bicyclic) bond motifs is 1. The molecule has 9 nitrogen and oxygen atoms in total. The number of aryl methyl sites for hydroxylation is 1. The van der Waals surface area contributed by atoms with E-state index in [1.165, 1.54) is 5.69 Å². The predicted octanol–water partition coefficient (Wildman–Crippen LogP) is 0.576. The number of anilines is 1. The largest absolute Gasteiger partial charge is 0.395 e. The average molecular weight is 455 g/mol. The van der Waals surface area contributed by atoms with E-state index in [4.69, 9.17) is 5.10 Å². The normalized spacial score (nSPS) is 25.6. The van der Waals surface area contributed by atoms with Crippen molar-refractivity contribution in [2.75, 3.05) is 50.8 Å². The van der Waals surface area contributed by atoms with Crippen LogP contribution in [0.4, 0.5) is 5.69 Å². The summed E-state index contributed by atoms with van der Waals surface area (Å²) in [6.07, 6.45) is 3.15. The number of aromatic nitrogens is 2. The average Bonchev–Trinajstić information content (AvgIpc) is 3.16. The molecule has 3 N–H and O–H groups in total. The number of rotatable bonds is 5. The summed E-state index contributed by atoms with van der Waals surface area (Å²) in [6, 6.07) is 6.44. The molecule has 33 heavy (non-hydrogen) atoms. The summed E-state index contributed by atoms with van der Waals surface area (Å²) in [6.45, 7) is 6.22. The zero-order chi connectivity index (χ0) is 22.9. The first-order valence-electron chi connectivity index (χ1n) is 12.1. The van der Waals surface area contributed by atoms with Crippen molar-refractivity contribution in [1.82, 2.24) is 25.3 Å². The van der Waals surface area contributed by atoms with Crippen LogP contribution in [0, 0.1) is 5.92 Å². The van der Waals surface area contributed by atoms with Crippen LogP contribution in [0.2, 0.25) is 0 Å². The van der Waals surface area contributed by atoms with E-state index < -0.39 is 0 Å². The Morgan fingerprint density at radius 3 is 2.73 bits per heavy atom. The summed E-state index contributed by atoms with van der Waals surface area (Å²) in [4.78, 5) is 29.0. The lowest BCUT2D eigenvalue weighted by atomic mass is 9.92. The number of para-hydroxylation sites is 1. The maximum Gasteiger partial charge on any atom is 0.235 e. The van der Waals surface area contributed by atoms with Gasteiger partial charge in [-0.15, -0.1) is 0 Å². The van der Waals surface area contributed by atoms with Gasteiger partial charge in [0.1, 0.15) is 0 Å². The minimum absolute atomic E-state index is 0.194. The van der Waals surface area contributed by atoms with E-state index in [-0.39, 0.29) is 30.4 Å². The van der Waals surface area contributed by atoms with E-state index in [0.717, 1.165) is 68.7 Å². The number of aliphatic hydroxyl groups excluding tert-OH is 1. The van der Waals surface area contributed by atoms with Gasteiger partial charge in [0.25, 0.3) is 0 Å². The van der Waals surface area contributed by atoms with Crippen molar-refractivity contribution in [2.45, 2.75) is 37.6 Å². The number of nitrogens with zero attached hydrogens (tertiary/aromatic N) is 4. The van der Waals surface area contributed by atoms with Gasteiger partial charge in [-0.3, -0.25) is 19.6 Å². The molecule has 0 spiro atoms. The van der Waals surface area contributed by atoms with Crippen LogP contribution in [0.25, 0.3) is 10.9 Å². The topological polar surface area (TPSA) is 103 Å². The molecular weight excluding hydrogens is 420 g/mol. The van der Waals surface area contributed by atoms with E-state index in [9.17, 15) is 14.7 Å². The molecule has 1 aromatic carbocycles. The molecule has 5 rings (SSSR count). The molecule has 3 fully saturated rings. The van der Waals surface area contributed by atoms with Gasteiger partial charge in [0, 0.05) is 64.2 Å². The summed E-state index contributed by atoms with van der Waals surface area (Å²) in [5, 5.41) is 21.0. The second-order valence-corrected chi connectivity index (χ2v) is 9.71. The van der Waals surface area contributed by atoms with Crippen molar-refractivity contribution in [3.63, 3.8) is 0 Å². The fourth-order valence-corrected chi connectivity index (χ4v) is 5.71. The van der Waals surface area contributed by atoms with Crippen LogP contribution in [0.15, 0.2) is 18.2 Å². The number of nitrogens with one attached hydrogen (secondary N) is 2. The third-order valence-corrected chi connectivity index (χ3v) is 7.47. The van der Waals surface area contributed by atoms with Crippen LogP contribution in [0.5, 0.6) is 0 Å². The minimum Gasteiger partial charge on any atom is -0.395 e. The van der Waals surface area contributed by atoms with E-state index in [1.54, 1.807) is 0 Å². The molecule has 0 radical (unpaired) electrons. The van der Waals surface area contributed by atoms with Gasteiger partial charge in [0.15, 0.2) is 0 Å². The summed E-state index contributed by atoms with van der Waals surface area (Å²) in [5.74, 6) is -0.154. The Balaban J connectivity index is 1.29. The lowest BCUT2D eigenvalue weighted by Gasteiger charge is -2.39. The molecule has 1 aromatic heterocycles. The first-order valence-corrected chi connectivity index (χ1v) is 12.1. The van der Waals surface area contributed by atoms with Crippen molar-refractivity contribution in [3.8, 4) is 0 Å². The molecule has 3 aliphatic heterocycles. The Bertz CT molecular complexity index is 1030. The van der Waals surface area contributed by atoms with Gasteiger partial charge in [-0.2, -0.15) is 5.10 Å². The second kappa shape index (κ2) is 9.40. The number of hydrogen-bond acceptors (Lipinski definition) is 7. The monoisotopic (exact) mass is 454 g/mol. The number of aliphatic hydroxyl groups is 1. The molecule has 2 atom stereocenters. The van der Waals surface area contributed by atoms with Crippen molar-refractivity contribution >= 4 is 28.4 Å². The number of piperidine rings is 2. The molecule has 2 unspecified atom stereocenters. The number of imide groups is 1. The fraction of sp³-hybridized carbons (Fsp3) is 0.625. The van der Waals surface area contributed by atoms with Crippen LogP contribution >= 0.6 is 0 Å². The maximum absolute atomic E-state index is 12.5. The number of benzene rings is 1. The number of piperazine rings is 1. The molecule has 3 aliphatic rings. The van der Waals surface area contributed by atoms with Gasteiger partial charge in [0.2, 0.25) is 11.8 Å². The number of amides is 2. The fourth-order valence-electron chi connectivity index (χ4n) is 5.71. The van der Waals surface area contributed by atoms with Gasteiger partial charge in [0.05, 0.1) is 29.4 Å². The zero-order valence-electron chi connectivity index (χ0n) is 19.3. The number of carbonyl (C=O) groups excluding carboxylic acids is 2. The van der Waals surface area contributed by atoms with Crippen LogP contribution in [0.1, 0.15) is 37.3 Å². The Morgan fingerprint density at radius 1 is 1.15 bits per heavy atom. The predicted molar refractivity (Wildman–Crippen MR) is 126 cm³/mol. The summed E-state index contributed by atoms with van der Waals surface area (Å²) in [7, 11) is 1.94. The van der Waals surface area contributed by atoms with Gasteiger partial charge >= 0.3 is 0 Å². The smallest absolute Gasteiger partial charge is 0.235 e. The van der Waals surface area contributed by atoms with E-state index in [2.05, 4.69) is 32.6 Å². The molecule has 0 saturated carbocycles. The van der Waals surface area contributed by atoms with Crippen LogP contribution in [-0.2, 0) is 16.6 Å². The Kier molecular flexibility index (Phi) is 6.36. The van der Waals surface area contributed by atoms with E-state index in [0.29, 0.717) is 18.8 Å². The minimum atomic E-state index is -0.380. The highest BCUT2D eigenvalue weighted by atomic mass is 16.3. The SMILES string of the molecule is Cn1nc(C2CCC(=O)NC2=O)c2cccc(N3CCC(CN4CCNC(CO)C4)CC3)c21. The maximum atomic E-state index is 12.5. The molecule has 3 saturated heterocycles. The number of hydrogen-bond donors (Lipinski definition) is 3. The molecule has 9 heteroatoms. The highest BCUT2D eigenvalue weighted by Gasteiger charge is 2.33. The second-order valence-electron chi connectivity index (χ2n) is 9.71. The Labute approximate surface area is 194 Å². The lowest BCUT2D eigenvalue weighted by Crippen LogP contribution is -2.53. The van der Waals surface area contributed by atoms with Gasteiger partial charge < -0.3 is 20.2 Å². The van der Waals surface area contributed by atoms with Gasteiger partial charge in [-0.05, 0) is 31.2 Å². The standard InChI is InChI=1S/C24H34N6O3/c1-28-23-18(22(27-28)19-5-6-21(32)26-24(19)33)3-2-4-20(23)30-10-7-16(8-11-30)13-29-12-9-25-17(14-29)15-31/h2-4,16-17,19,25,31H,5-15H2,1H3,(H,26,32,33). The molecular formula is C24H34N6O3. The lowest BCUT2D eigenvalue weighted by molar-refractivity contribution is -0.134. The number of carbonyl (C=O) groups is 2. The zero-order valence-corrected chi connectivity index (χ0v) is 19.3. The molecule has 178 valence electrons. The van der Waals surface area contributed by atoms with Gasteiger partial charge in [-0.1, -0.05) is 12.1 Å². The van der Waals surface area contributed by atoms with Crippen LogP contribution in [-0.4, -0.2) is 83.5 Å². The summed E-state index contributed by atoms with van der Waals surface area (Å²) >= 11 is 0. The third-order valence-electron chi connectivity index (χ3n) is 7.47. The van der Waals surface area contributed by atoms with Crippen molar-refractivity contribution in [1.29, 1.82) is 0 Å². The van der Waals surface area contributed by atoms with Crippen molar-refractivity contribution < 1.29 is 14.7 Å². The Hall–Kier alpha value is -2.49. The molecule has 2 amide bonds. The first-order chi connectivity index (χ1) is 16.0. The molecule has 2 aromatic rings. The Morgan fingerprint density at radius 2 is 1.97 bits per heavy atom. The first kappa shape index (κ1) is 22.3. The molecule has 4 heterocycles. The van der Waals surface area contributed by atoms with Crippen LogP contribution in [0.3, 0.4) is 0 Å². The van der Waals surface area contributed by atoms with E-state index in [1.807, 2.05) is 17.8 Å². The molecule has 0 aliphatic carbocycles. The van der Waals surface area contributed by atoms with Gasteiger partial charge in [-0.25, -0.2) is 0 Å². The van der Waals surface area contributed by atoms with Crippen molar-refractivity contribution in [3.05, 3.63) is 23.9 Å². The van der Waals surface area contributed by atoms with E-state index >= 15 is 0 Å².